The molecule has 0 aliphatic carbocycles. The van der Waals surface area contributed by atoms with Gasteiger partial charge in [-0.15, -0.1) is 0 Å². The van der Waals surface area contributed by atoms with Crippen molar-refractivity contribution in [1.82, 2.24) is 0 Å². The van der Waals surface area contributed by atoms with Gasteiger partial charge in [-0.25, -0.2) is 0 Å². The number of benzene rings is 2. The third-order valence-electron chi connectivity index (χ3n) is 4.11. The lowest BCUT2D eigenvalue weighted by Gasteiger charge is -2.24. The van der Waals surface area contributed by atoms with Crippen molar-refractivity contribution in [2.45, 2.75) is 33.1 Å². The third kappa shape index (κ3) is 5.75. The van der Waals surface area contributed by atoms with Gasteiger partial charge in [-0.2, -0.15) is 0 Å². The summed E-state index contributed by atoms with van der Waals surface area (Å²) in [6, 6.07) is 15.1. The summed E-state index contributed by atoms with van der Waals surface area (Å²) in [6.45, 7) is 6.61. The highest BCUT2D eigenvalue weighted by Crippen LogP contribution is 2.19. The molecule has 0 aliphatic rings. The molecule has 0 saturated carbocycles. The first-order valence-corrected chi connectivity index (χ1v) is 8.91. The van der Waals surface area contributed by atoms with Gasteiger partial charge in [-0.1, -0.05) is 44.6 Å². The standard InChI is InChI=1S/C21H26N2O2/c1-3-5-17-22(16-4-2)20-12-8-18(9-13-20)6-7-19-10-14-21(15-11-19)23(24)25/h6-15H,3-5,16-17H2,1-2H3. The Hall–Kier alpha value is -2.62. The smallest absolute Gasteiger partial charge is 0.269 e. The quantitative estimate of drug-likeness (QED) is 0.331. The van der Waals surface area contributed by atoms with E-state index in [1.54, 1.807) is 12.1 Å². The Morgan fingerprint density at radius 2 is 1.44 bits per heavy atom. The number of hydrogen-bond acceptors (Lipinski definition) is 3. The maximum absolute atomic E-state index is 10.7. The van der Waals surface area contributed by atoms with E-state index in [4.69, 9.17) is 0 Å². The Morgan fingerprint density at radius 3 is 1.92 bits per heavy atom. The average Bonchev–Trinajstić information content (AvgIpc) is 2.64. The van der Waals surface area contributed by atoms with Gasteiger partial charge in [0, 0.05) is 30.9 Å². The summed E-state index contributed by atoms with van der Waals surface area (Å²) < 4.78 is 0. The van der Waals surface area contributed by atoms with Crippen LogP contribution in [-0.4, -0.2) is 18.0 Å². The summed E-state index contributed by atoms with van der Waals surface area (Å²) in [5, 5.41) is 10.7. The molecule has 132 valence electrons. The Kier molecular flexibility index (Phi) is 7.20. The molecular weight excluding hydrogens is 312 g/mol. The molecule has 2 rings (SSSR count). The van der Waals surface area contributed by atoms with Crippen LogP contribution >= 0.6 is 0 Å². The average molecular weight is 338 g/mol. The van der Waals surface area contributed by atoms with Gasteiger partial charge in [-0.3, -0.25) is 10.1 Å². The predicted molar refractivity (Wildman–Crippen MR) is 106 cm³/mol. The highest BCUT2D eigenvalue weighted by molar-refractivity contribution is 5.71. The monoisotopic (exact) mass is 338 g/mol. The minimum atomic E-state index is -0.382. The Morgan fingerprint density at radius 1 is 0.880 bits per heavy atom. The van der Waals surface area contributed by atoms with Gasteiger partial charge in [0.15, 0.2) is 0 Å². The van der Waals surface area contributed by atoms with E-state index in [-0.39, 0.29) is 10.6 Å². The summed E-state index contributed by atoms with van der Waals surface area (Å²) in [7, 11) is 0. The number of unbranched alkanes of at least 4 members (excludes halogenated alkanes) is 1. The fourth-order valence-electron chi connectivity index (χ4n) is 2.68. The molecule has 0 bridgehead atoms. The van der Waals surface area contributed by atoms with Crippen LogP contribution in [0.25, 0.3) is 12.2 Å². The summed E-state index contributed by atoms with van der Waals surface area (Å²) in [5.41, 5.74) is 3.45. The van der Waals surface area contributed by atoms with Crippen molar-refractivity contribution in [3.8, 4) is 0 Å². The Labute approximate surface area is 149 Å². The molecule has 0 spiro atoms. The van der Waals surface area contributed by atoms with Crippen molar-refractivity contribution >= 4 is 23.5 Å². The first-order valence-electron chi connectivity index (χ1n) is 8.91. The van der Waals surface area contributed by atoms with Gasteiger partial charge in [-0.05, 0) is 48.2 Å². The van der Waals surface area contributed by atoms with E-state index in [1.165, 1.54) is 30.7 Å². The lowest BCUT2D eigenvalue weighted by Crippen LogP contribution is -2.25. The summed E-state index contributed by atoms with van der Waals surface area (Å²) in [5.74, 6) is 0. The van der Waals surface area contributed by atoms with Crippen LogP contribution in [-0.2, 0) is 0 Å². The molecule has 2 aromatic rings. The minimum Gasteiger partial charge on any atom is -0.372 e. The second-order valence-corrected chi connectivity index (χ2v) is 6.11. The van der Waals surface area contributed by atoms with Gasteiger partial charge in [0.25, 0.3) is 5.69 Å². The minimum absolute atomic E-state index is 0.115. The molecule has 2 aromatic carbocycles. The lowest BCUT2D eigenvalue weighted by atomic mass is 10.1. The molecule has 0 aromatic heterocycles. The van der Waals surface area contributed by atoms with Gasteiger partial charge >= 0.3 is 0 Å². The second kappa shape index (κ2) is 9.62. The lowest BCUT2D eigenvalue weighted by molar-refractivity contribution is -0.384. The van der Waals surface area contributed by atoms with Crippen LogP contribution in [0.15, 0.2) is 48.5 Å². The number of nitro groups is 1. The molecule has 0 unspecified atom stereocenters. The summed E-state index contributed by atoms with van der Waals surface area (Å²) in [4.78, 5) is 12.7. The summed E-state index contributed by atoms with van der Waals surface area (Å²) in [6.07, 6.45) is 7.56. The maximum atomic E-state index is 10.7. The van der Waals surface area contributed by atoms with Crippen molar-refractivity contribution in [2.24, 2.45) is 0 Å². The van der Waals surface area contributed by atoms with E-state index in [2.05, 4.69) is 43.0 Å². The first kappa shape index (κ1) is 18.7. The van der Waals surface area contributed by atoms with Crippen LogP contribution in [0.1, 0.15) is 44.2 Å². The number of non-ortho nitro benzene ring substituents is 1. The van der Waals surface area contributed by atoms with Crippen LogP contribution in [0.5, 0.6) is 0 Å². The normalized spacial score (nSPS) is 11.0. The zero-order chi connectivity index (χ0) is 18.1. The Bertz CT molecular complexity index is 691. The number of rotatable bonds is 9. The van der Waals surface area contributed by atoms with Crippen molar-refractivity contribution in [2.75, 3.05) is 18.0 Å². The maximum Gasteiger partial charge on any atom is 0.269 e. The van der Waals surface area contributed by atoms with Crippen molar-refractivity contribution in [1.29, 1.82) is 0 Å². The van der Waals surface area contributed by atoms with Crippen molar-refractivity contribution in [3.63, 3.8) is 0 Å². The number of nitro benzene ring substituents is 1. The van der Waals surface area contributed by atoms with Gasteiger partial charge in [0.05, 0.1) is 4.92 Å². The fraction of sp³-hybridized carbons (Fsp3) is 0.333. The van der Waals surface area contributed by atoms with Crippen LogP contribution in [0.3, 0.4) is 0 Å². The van der Waals surface area contributed by atoms with Crippen LogP contribution in [0.2, 0.25) is 0 Å². The fourth-order valence-corrected chi connectivity index (χ4v) is 2.68. The number of anilines is 1. The molecule has 0 fully saturated rings. The molecule has 25 heavy (non-hydrogen) atoms. The van der Waals surface area contributed by atoms with Gasteiger partial charge < -0.3 is 4.90 Å². The number of hydrogen-bond donors (Lipinski definition) is 0. The molecular formula is C21H26N2O2. The van der Waals surface area contributed by atoms with Crippen molar-refractivity contribution < 1.29 is 4.92 Å². The highest BCUT2D eigenvalue weighted by atomic mass is 16.6. The zero-order valence-corrected chi connectivity index (χ0v) is 15.0. The van der Waals surface area contributed by atoms with E-state index in [1.807, 2.05) is 12.2 Å². The molecule has 0 N–H and O–H groups in total. The molecule has 4 heteroatoms. The topological polar surface area (TPSA) is 46.4 Å². The molecule has 0 radical (unpaired) electrons. The number of nitrogens with zero attached hydrogens (tertiary/aromatic N) is 2. The van der Waals surface area contributed by atoms with E-state index in [0.29, 0.717) is 0 Å². The van der Waals surface area contributed by atoms with Crippen molar-refractivity contribution in [3.05, 3.63) is 69.8 Å². The van der Waals surface area contributed by atoms with Crippen LogP contribution < -0.4 is 4.90 Å². The molecule has 0 atom stereocenters. The molecule has 0 amide bonds. The third-order valence-corrected chi connectivity index (χ3v) is 4.11. The van der Waals surface area contributed by atoms with E-state index in [0.717, 1.165) is 30.6 Å². The molecule has 0 heterocycles. The molecule has 0 saturated heterocycles. The zero-order valence-electron chi connectivity index (χ0n) is 15.0. The van der Waals surface area contributed by atoms with Gasteiger partial charge in [0.2, 0.25) is 0 Å². The molecule has 4 nitrogen and oxygen atoms in total. The van der Waals surface area contributed by atoms with E-state index >= 15 is 0 Å². The van der Waals surface area contributed by atoms with E-state index in [9.17, 15) is 10.1 Å². The van der Waals surface area contributed by atoms with Crippen LogP contribution in [0.4, 0.5) is 11.4 Å². The molecule has 0 aliphatic heterocycles. The van der Waals surface area contributed by atoms with Gasteiger partial charge in [0.1, 0.15) is 0 Å². The highest BCUT2D eigenvalue weighted by Gasteiger charge is 2.05. The van der Waals surface area contributed by atoms with Crippen LogP contribution in [0, 0.1) is 10.1 Å². The first-order chi connectivity index (χ1) is 12.1. The van der Waals surface area contributed by atoms with E-state index < -0.39 is 0 Å². The second-order valence-electron chi connectivity index (χ2n) is 6.11. The largest absolute Gasteiger partial charge is 0.372 e. The predicted octanol–water partition coefficient (Wildman–Crippen LogP) is 5.78. The SMILES string of the molecule is CCCCN(CCC)c1ccc(C=Cc2ccc([N+](=O)[O-])cc2)cc1. The summed E-state index contributed by atoms with van der Waals surface area (Å²) >= 11 is 0. The Balaban J connectivity index is 2.04.